The summed E-state index contributed by atoms with van der Waals surface area (Å²) in [5.74, 6) is -0.330. The van der Waals surface area contributed by atoms with E-state index in [-0.39, 0.29) is 11.8 Å². The summed E-state index contributed by atoms with van der Waals surface area (Å²) in [6, 6.07) is 18.5. The summed E-state index contributed by atoms with van der Waals surface area (Å²) < 4.78 is 1.66. The van der Waals surface area contributed by atoms with Crippen molar-refractivity contribution in [1.82, 2.24) is 20.0 Å². The fraction of sp³-hybridized carbons (Fsp3) is 0.150. The SMILES string of the molecule is CN(C)C(=O)c1cccc(CNC(=O)c2ccn(-c3ccccc3)n2)c1. The molecule has 0 saturated carbocycles. The van der Waals surface area contributed by atoms with Crippen LogP contribution in [0.4, 0.5) is 0 Å². The molecule has 6 nitrogen and oxygen atoms in total. The maximum atomic E-state index is 12.3. The maximum absolute atomic E-state index is 12.3. The first-order valence-corrected chi connectivity index (χ1v) is 8.24. The number of nitrogens with zero attached hydrogens (tertiary/aromatic N) is 3. The van der Waals surface area contributed by atoms with E-state index in [4.69, 9.17) is 0 Å². The zero-order chi connectivity index (χ0) is 18.5. The van der Waals surface area contributed by atoms with Gasteiger partial charge in [-0.3, -0.25) is 9.59 Å². The van der Waals surface area contributed by atoms with Crippen molar-refractivity contribution in [2.24, 2.45) is 0 Å². The van der Waals surface area contributed by atoms with E-state index < -0.39 is 0 Å². The first kappa shape index (κ1) is 17.4. The van der Waals surface area contributed by atoms with Crippen LogP contribution < -0.4 is 5.32 Å². The number of rotatable bonds is 5. The van der Waals surface area contributed by atoms with Gasteiger partial charge in [-0.05, 0) is 35.9 Å². The lowest BCUT2D eigenvalue weighted by atomic mass is 10.1. The molecule has 0 saturated heterocycles. The minimum atomic E-state index is -0.260. The van der Waals surface area contributed by atoms with Gasteiger partial charge in [0.25, 0.3) is 11.8 Å². The van der Waals surface area contributed by atoms with Gasteiger partial charge in [0, 0.05) is 32.4 Å². The topological polar surface area (TPSA) is 67.2 Å². The number of benzene rings is 2. The van der Waals surface area contributed by atoms with Gasteiger partial charge >= 0.3 is 0 Å². The average molecular weight is 348 g/mol. The second kappa shape index (κ2) is 7.65. The third-order valence-electron chi connectivity index (χ3n) is 3.88. The Kier molecular flexibility index (Phi) is 5.12. The molecular weight excluding hydrogens is 328 g/mol. The summed E-state index contributed by atoms with van der Waals surface area (Å²) in [4.78, 5) is 25.9. The van der Waals surface area contributed by atoms with E-state index in [0.717, 1.165) is 11.3 Å². The van der Waals surface area contributed by atoms with Gasteiger partial charge in [-0.1, -0.05) is 30.3 Å². The number of carbonyl (C=O) groups excluding carboxylic acids is 2. The molecule has 0 unspecified atom stereocenters. The van der Waals surface area contributed by atoms with Crippen molar-refractivity contribution in [3.05, 3.63) is 83.7 Å². The monoisotopic (exact) mass is 348 g/mol. The van der Waals surface area contributed by atoms with E-state index in [2.05, 4.69) is 10.4 Å². The second-order valence-electron chi connectivity index (χ2n) is 6.06. The molecule has 0 radical (unpaired) electrons. The molecule has 0 bridgehead atoms. The van der Waals surface area contributed by atoms with E-state index in [1.807, 2.05) is 42.5 Å². The highest BCUT2D eigenvalue weighted by Gasteiger charge is 2.11. The highest BCUT2D eigenvalue weighted by atomic mass is 16.2. The van der Waals surface area contributed by atoms with Crippen molar-refractivity contribution in [2.45, 2.75) is 6.54 Å². The number of carbonyl (C=O) groups is 2. The largest absolute Gasteiger partial charge is 0.347 e. The lowest BCUT2D eigenvalue weighted by Gasteiger charge is -2.11. The van der Waals surface area contributed by atoms with E-state index in [1.165, 1.54) is 4.90 Å². The molecule has 3 rings (SSSR count). The lowest BCUT2D eigenvalue weighted by Crippen LogP contribution is -2.24. The summed E-state index contributed by atoms with van der Waals surface area (Å²) in [5, 5.41) is 7.14. The number of hydrogen-bond acceptors (Lipinski definition) is 3. The van der Waals surface area contributed by atoms with Crippen LogP contribution in [0.3, 0.4) is 0 Å². The van der Waals surface area contributed by atoms with Gasteiger partial charge in [-0.2, -0.15) is 5.10 Å². The molecule has 26 heavy (non-hydrogen) atoms. The van der Waals surface area contributed by atoms with Crippen molar-refractivity contribution in [2.75, 3.05) is 14.1 Å². The van der Waals surface area contributed by atoms with Crippen LogP contribution in [0.5, 0.6) is 0 Å². The van der Waals surface area contributed by atoms with E-state index in [1.54, 1.807) is 43.2 Å². The normalized spacial score (nSPS) is 10.4. The minimum absolute atomic E-state index is 0.0696. The van der Waals surface area contributed by atoms with Crippen LogP contribution in [-0.4, -0.2) is 40.6 Å². The van der Waals surface area contributed by atoms with Gasteiger partial charge in [0.15, 0.2) is 5.69 Å². The van der Waals surface area contributed by atoms with Gasteiger partial charge < -0.3 is 10.2 Å². The predicted molar refractivity (Wildman–Crippen MR) is 99.2 cm³/mol. The summed E-state index contributed by atoms with van der Waals surface area (Å²) in [6.45, 7) is 0.325. The smallest absolute Gasteiger partial charge is 0.272 e. The molecule has 1 N–H and O–H groups in total. The Balaban J connectivity index is 1.65. The summed E-state index contributed by atoms with van der Waals surface area (Å²) in [7, 11) is 3.42. The highest BCUT2D eigenvalue weighted by molar-refractivity contribution is 5.94. The predicted octanol–water partition coefficient (Wildman–Crippen LogP) is 2.50. The van der Waals surface area contributed by atoms with Gasteiger partial charge in [0.2, 0.25) is 0 Å². The Morgan fingerprint density at radius 1 is 1.04 bits per heavy atom. The maximum Gasteiger partial charge on any atom is 0.272 e. The van der Waals surface area contributed by atoms with Crippen molar-refractivity contribution in [3.63, 3.8) is 0 Å². The van der Waals surface area contributed by atoms with Crippen molar-refractivity contribution < 1.29 is 9.59 Å². The lowest BCUT2D eigenvalue weighted by molar-refractivity contribution is 0.0827. The molecule has 0 aliphatic heterocycles. The molecule has 0 spiro atoms. The van der Waals surface area contributed by atoms with Gasteiger partial charge in [-0.25, -0.2) is 4.68 Å². The summed E-state index contributed by atoms with van der Waals surface area (Å²) >= 11 is 0. The zero-order valence-electron chi connectivity index (χ0n) is 14.7. The van der Waals surface area contributed by atoms with Crippen LogP contribution >= 0.6 is 0 Å². The molecule has 1 heterocycles. The summed E-state index contributed by atoms with van der Waals surface area (Å²) in [5.41, 5.74) is 2.68. The molecular formula is C20H20N4O2. The molecule has 3 aromatic rings. The number of hydrogen-bond donors (Lipinski definition) is 1. The Labute approximate surface area is 152 Å². The molecule has 0 aliphatic carbocycles. The van der Waals surface area contributed by atoms with E-state index in [9.17, 15) is 9.59 Å². The molecule has 6 heteroatoms. The van der Waals surface area contributed by atoms with Crippen LogP contribution in [0.2, 0.25) is 0 Å². The van der Waals surface area contributed by atoms with Crippen LogP contribution in [0.25, 0.3) is 5.69 Å². The van der Waals surface area contributed by atoms with Gasteiger partial charge in [-0.15, -0.1) is 0 Å². The number of nitrogens with one attached hydrogen (secondary N) is 1. The molecule has 0 aliphatic rings. The number of para-hydroxylation sites is 1. The minimum Gasteiger partial charge on any atom is -0.347 e. The first-order valence-electron chi connectivity index (χ1n) is 8.24. The number of amides is 2. The van der Waals surface area contributed by atoms with Crippen LogP contribution in [0.15, 0.2) is 66.9 Å². The molecule has 2 amide bonds. The summed E-state index contributed by atoms with van der Waals surface area (Å²) in [6.07, 6.45) is 1.75. The van der Waals surface area contributed by atoms with Crippen LogP contribution in [-0.2, 0) is 6.54 Å². The second-order valence-corrected chi connectivity index (χ2v) is 6.06. The molecule has 132 valence electrons. The Bertz CT molecular complexity index is 916. The van der Waals surface area contributed by atoms with E-state index >= 15 is 0 Å². The quantitative estimate of drug-likeness (QED) is 0.770. The zero-order valence-corrected chi connectivity index (χ0v) is 14.7. The fourth-order valence-corrected chi connectivity index (χ4v) is 2.51. The molecule has 2 aromatic carbocycles. The Hall–Kier alpha value is -3.41. The average Bonchev–Trinajstić information content (AvgIpc) is 3.16. The van der Waals surface area contributed by atoms with E-state index in [0.29, 0.717) is 17.8 Å². The highest BCUT2D eigenvalue weighted by Crippen LogP contribution is 2.09. The molecule has 0 fully saturated rings. The van der Waals surface area contributed by atoms with Crippen molar-refractivity contribution in [1.29, 1.82) is 0 Å². The molecule has 1 aromatic heterocycles. The van der Waals surface area contributed by atoms with Crippen molar-refractivity contribution in [3.8, 4) is 5.69 Å². The molecule has 0 atom stereocenters. The van der Waals surface area contributed by atoms with Crippen LogP contribution in [0.1, 0.15) is 26.4 Å². The third-order valence-corrected chi connectivity index (χ3v) is 3.88. The standard InChI is InChI=1S/C20H20N4O2/c1-23(2)20(26)16-8-6-7-15(13-16)14-21-19(25)18-11-12-24(22-18)17-9-4-3-5-10-17/h3-13H,14H2,1-2H3,(H,21,25). The van der Waals surface area contributed by atoms with Crippen LogP contribution in [0, 0.1) is 0 Å². The van der Waals surface area contributed by atoms with Crippen molar-refractivity contribution >= 4 is 11.8 Å². The first-order chi connectivity index (χ1) is 12.5. The number of aromatic nitrogens is 2. The third kappa shape index (κ3) is 3.97. The Morgan fingerprint density at radius 3 is 2.54 bits per heavy atom. The van der Waals surface area contributed by atoms with Gasteiger partial charge in [0.1, 0.15) is 0 Å². The fourth-order valence-electron chi connectivity index (χ4n) is 2.51. The van der Waals surface area contributed by atoms with Gasteiger partial charge in [0.05, 0.1) is 5.69 Å². The Morgan fingerprint density at radius 2 is 1.81 bits per heavy atom.